The van der Waals surface area contributed by atoms with Gasteiger partial charge in [0.2, 0.25) is 0 Å². The van der Waals surface area contributed by atoms with Crippen molar-refractivity contribution < 1.29 is 4.98 Å². The topological polar surface area (TPSA) is 65.4 Å². The highest BCUT2D eigenvalue weighted by atomic mass is 14.9. The highest BCUT2D eigenvalue weighted by Gasteiger charge is 2.03. The fourth-order valence-corrected chi connectivity index (χ4v) is 1.86. The Balaban J connectivity index is 2.02. The number of H-pyrrole nitrogens is 1. The zero-order valence-corrected chi connectivity index (χ0v) is 10.2. The van der Waals surface area contributed by atoms with Crippen LogP contribution in [0.15, 0.2) is 65.9 Å². The molecule has 3 aromatic rings. The highest BCUT2D eigenvalue weighted by Crippen LogP contribution is 2.13. The van der Waals surface area contributed by atoms with E-state index in [9.17, 15) is 0 Å². The quantitative estimate of drug-likeness (QED) is 0.558. The monoisotopic (exact) mass is 249 g/mol. The van der Waals surface area contributed by atoms with Crippen LogP contribution >= 0.6 is 0 Å². The fraction of sp³-hybridized carbons (Fsp3) is 0. The summed E-state index contributed by atoms with van der Waals surface area (Å²) in [5.41, 5.74) is 8.36. The Hall–Kier alpha value is -2.75. The summed E-state index contributed by atoms with van der Waals surface area (Å²) >= 11 is 0. The molecule has 0 saturated heterocycles. The highest BCUT2D eigenvalue weighted by molar-refractivity contribution is 5.99. The Morgan fingerprint density at radius 2 is 1.95 bits per heavy atom. The van der Waals surface area contributed by atoms with Crippen molar-refractivity contribution in [3.8, 4) is 0 Å². The van der Waals surface area contributed by atoms with E-state index >= 15 is 0 Å². The number of pyridine rings is 2. The van der Waals surface area contributed by atoms with Gasteiger partial charge >= 0.3 is 0 Å². The Bertz CT molecular complexity index is 735. The second kappa shape index (κ2) is 4.86. The van der Waals surface area contributed by atoms with Crippen LogP contribution in [-0.4, -0.2) is 10.8 Å². The van der Waals surface area contributed by atoms with Crippen LogP contribution in [0.2, 0.25) is 0 Å². The molecule has 2 aromatic heterocycles. The van der Waals surface area contributed by atoms with Crippen LogP contribution in [0.4, 0.5) is 5.69 Å². The summed E-state index contributed by atoms with van der Waals surface area (Å²) in [6.07, 6.45) is 3.61. The van der Waals surface area contributed by atoms with Crippen LogP contribution in [0.5, 0.6) is 0 Å². The lowest BCUT2D eigenvalue weighted by Gasteiger charge is -2.02. The first-order chi connectivity index (χ1) is 9.33. The van der Waals surface area contributed by atoms with Crippen molar-refractivity contribution in [2.45, 2.75) is 0 Å². The molecule has 3 rings (SSSR count). The van der Waals surface area contributed by atoms with Gasteiger partial charge in [0.1, 0.15) is 17.2 Å². The summed E-state index contributed by atoms with van der Waals surface area (Å²) in [5, 5.41) is 1.09. The Morgan fingerprint density at radius 3 is 2.79 bits per heavy atom. The van der Waals surface area contributed by atoms with Gasteiger partial charge in [-0.2, -0.15) is 0 Å². The molecule has 2 heterocycles. The molecule has 0 saturated carbocycles. The molecule has 92 valence electrons. The smallest absolute Gasteiger partial charge is 0.193 e. The summed E-state index contributed by atoms with van der Waals surface area (Å²) in [6, 6.07) is 15.6. The Morgan fingerprint density at radius 1 is 1.05 bits per heavy atom. The van der Waals surface area contributed by atoms with Gasteiger partial charge in [-0.3, -0.25) is 0 Å². The number of benzene rings is 1. The second-order valence-corrected chi connectivity index (χ2v) is 4.15. The molecule has 4 heteroatoms. The van der Waals surface area contributed by atoms with E-state index in [1.807, 2.05) is 54.7 Å². The molecule has 4 nitrogen and oxygen atoms in total. The van der Waals surface area contributed by atoms with Crippen LogP contribution in [-0.2, 0) is 0 Å². The van der Waals surface area contributed by atoms with E-state index < -0.39 is 0 Å². The van der Waals surface area contributed by atoms with E-state index in [-0.39, 0.29) is 0 Å². The zero-order valence-electron chi connectivity index (χ0n) is 10.2. The van der Waals surface area contributed by atoms with E-state index in [0.717, 1.165) is 16.6 Å². The number of aliphatic imine (C=N–C) groups is 1. The SMILES string of the molecule is NC(=Nc1ccc[nH+]c1)c1ccc2ccccc2n1. The number of nitrogens with one attached hydrogen (secondary N) is 1. The van der Waals surface area contributed by atoms with Crippen LogP contribution in [0.3, 0.4) is 0 Å². The van der Waals surface area contributed by atoms with Crippen molar-refractivity contribution in [1.29, 1.82) is 0 Å². The van der Waals surface area contributed by atoms with Gasteiger partial charge in [-0.15, -0.1) is 0 Å². The van der Waals surface area contributed by atoms with Gasteiger partial charge in [-0.25, -0.2) is 15.0 Å². The lowest BCUT2D eigenvalue weighted by atomic mass is 10.2. The maximum Gasteiger partial charge on any atom is 0.193 e. The Kier molecular flexibility index (Phi) is 2.90. The first-order valence-corrected chi connectivity index (χ1v) is 5.99. The van der Waals surface area contributed by atoms with Gasteiger partial charge in [-0.05, 0) is 18.2 Å². The Labute approximate surface area is 110 Å². The minimum absolute atomic E-state index is 0.408. The molecular formula is C15H13N4+. The lowest BCUT2D eigenvalue weighted by molar-refractivity contribution is -0.377. The van der Waals surface area contributed by atoms with Gasteiger partial charge in [0.25, 0.3) is 0 Å². The number of amidine groups is 1. The van der Waals surface area contributed by atoms with Crippen molar-refractivity contribution in [1.82, 2.24) is 4.98 Å². The van der Waals surface area contributed by atoms with Crippen molar-refractivity contribution in [2.24, 2.45) is 10.7 Å². The third-order valence-corrected chi connectivity index (χ3v) is 2.80. The first kappa shape index (κ1) is 11.3. The predicted molar refractivity (Wildman–Crippen MR) is 75.1 cm³/mol. The molecule has 0 fully saturated rings. The van der Waals surface area contributed by atoms with Crippen LogP contribution in [0.1, 0.15) is 5.69 Å². The number of aromatic amines is 1. The maximum atomic E-state index is 5.99. The molecule has 0 radical (unpaired) electrons. The molecule has 0 aliphatic carbocycles. The van der Waals surface area contributed by atoms with Crippen molar-refractivity contribution in [3.63, 3.8) is 0 Å². The fourth-order valence-electron chi connectivity index (χ4n) is 1.86. The first-order valence-electron chi connectivity index (χ1n) is 5.99. The number of hydrogen-bond acceptors (Lipinski definition) is 2. The van der Waals surface area contributed by atoms with Crippen LogP contribution < -0.4 is 10.7 Å². The van der Waals surface area contributed by atoms with Gasteiger partial charge < -0.3 is 5.73 Å². The molecule has 0 atom stereocenters. The number of rotatable bonds is 2. The van der Waals surface area contributed by atoms with Crippen LogP contribution in [0, 0.1) is 0 Å². The molecule has 0 aliphatic rings. The molecule has 0 aliphatic heterocycles. The van der Waals surface area contributed by atoms with Gasteiger partial charge in [0.05, 0.1) is 5.52 Å². The number of nitrogens with two attached hydrogens (primary N) is 1. The predicted octanol–water partition coefficient (Wildman–Crippen LogP) is 2.09. The maximum absolute atomic E-state index is 5.99. The molecular weight excluding hydrogens is 236 g/mol. The molecule has 19 heavy (non-hydrogen) atoms. The van der Waals surface area contributed by atoms with E-state index in [1.54, 1.807) is 6.20 Å². The van der Waals surface area contributed by atoms with Gasteiger partial charge in [-0.1, -0.05) is 24.3 Å². The van der Waals surface area contributed by atoms with Gasteiger partial charge in [0, 0.05) is 11.5 Å². The summed E-state index contributed by atoms with van der Waals surface area (Å²) in [5.74, 6) is 0.408. The van der Waals surface area contributed by atoms with Crippen molar-refractivity contribution in [2.75, 3.05) is 0 Å². The third-order valence-electron chi connectivity index (χ3n) is 2.80. The van der Waals surface area contributed by atoms with E-state index in [4.69, 9.17) is 5.73 Å². The third kappa shape index (κ3) is 2.42. The van der Waals surface area contributed by atoms with Gasteiger partial charge in [0.15, 0.2) is 12.4 Å². The molecule has 0 bridgehead atoms. The summed E-state index contributed by atoms with van der Waals surface area (Å²) in [4.78, 5) is 11.8. The van der Waals surface area contributed by atoms with E-state index in [2.05, 4.69) is 15.0 Å². The molecule has 0 unspecified atom stereocenters. The summed E-state index contributed by atoms with van der Waals surface area (Å²) in [6.45, 7) is 0. The zero-order chi connectivity index (χ0) is 13.1. The molecule has 1 aromatic carbocycles. The number of fused-ring (bicyclic) bond motifs is 1. The number of hydrogen-bond donors (Lipinski definition) is 1. The number of nitrogens with zero attached hydrogens (tertiary/aromatic N) is 2. The normalized spacial score (nSPS) is 11.7. The summed E-state index contributed by atoms with van der Waals surface area (Å²) in [7, 11) is 0. The standard InChI is InChI=1S/C15H12N4/c16-15(18-12-5-3-9-17-10-12)14-8-7-11-4-1-2-6-13(11)19-14/h1-10H,(H2,16,18)/p+1. The van der Waals surface area contributed by atoms with Crippen molar-refractivity contribution >= 4 is 22.4 Å². The van der Waals surface area contributed by atoms with E-state index in [0.29, 0.717) is 11.5 Å². The minimum atomic E-state index is 0.408. The van der Waals surface area contributed by atoms with Crippen LogP contribution in [0.25, 0.3) is 10.9 Å². The molecule has 3 N–H and O–H groups in total. The average Bonchev–Trinajstić information content (AvgIpc) is 2.48. The largest absolute Gasteiger partial charge is 0.382 e. The number of aromatic nitrogens is 2. The van der Waals surface area contributed by atoms with Crippen molar-refractivity contribution in [3.05, 3.63) is 66.6 Å². The number of para-hydroxylation sites is 1. The lowest BCUT2D eigenvalue weighted by Crippen LogP contribution is -2.14. The average molecular weight is 249 g/mol. The minimum Gasteiger partial charge on any atom is -0.382 e. The van der Waals surface area contributed by atoms with E-state index in [1.165, 1.54) is 0 Å². The second-order valence-electron chi connectivity index (χ2n) is 4.15. The molecule has 0 amide bonds. The summed E-state index contributed by atoms with van der Waals surface area (Å²) < 4.78 is 0. The molecule has 0 spiro atoms.